The molecule has 0 fully saturated rings. The van der Waals surface area contributed by atoms with Gasteiger partial charge in [0.2, 0.25) is 0 Å². The van der Waals surface area contributed by atoms with E-state index >= 15 is 0 Å². The molecule has 0 nitrogen and oxygen atoms in total. The van der Waals surface area contributed by atoms with Gasteiger partial charge in [-0.2, -0.15) is 0 Å². The summed E-state index contributed by atoms with van der Waals surface area (Å²) >= 11 is 1.58. The minimum Gasteiger partial charge on any atom is -1.00 e. The van der Waals surface area contributed by atoms with Crippen molar-refractivity contribution in [2.24, 2.45) is 0 Å². The third-order valence-corrected chi connectivity index (χ3v) is 2.64. The molecular formula is C6H9Zr-2. The van der Waals surface area contributed by atoms with Gasteiger partial charge in [-0.1, -0.05) is 0 Å². The standard InChI is InChI=1S/C6H7.Zr.2H/c1-6-4-2-3-5-6;;;/h2,4H,3H2,1H3;;;/q;;2*-1. The van der Waals surface area contributed by atoms with Crippen molar-refractivity contribution in [3.63, 3.8) is 0 Å². The van der Waals surface area contributed by atoms with Gasteiger partial charge in [-0.3, -0.25) is 0 Å². The summed E-state index contributed by atoms with van der Waals surface area (Å²) in [6.45, 7) is 2.17. The molecule has 0 aromatic heterocycles. The zero-order valence-electron chi connectivity index (χ0n) is 6.36. The first-order valence-corrected chi connectivity index (χ1v) is 3.61. The maximum atomic E-state index is 2.22. The van der Waals surface area contributed by atoms with E-state index in [0.29, 0.717) is 0 Å². The van der Waals surface area contributed by atoms with Crippen molar-refractivity contribution in [2.75, 3.05) is 0 Å². The van der Waals surface area contributed by atoms with Gasteiger partial charge in [0.25, 0.3) is 0 Å². The number of hydrogen-bond donors (Lipinski definition) is 0. The molecule has 0 N–H and O–H groups in total. The van der Waals surface area contributed by atoms with Crippen LogP contribution < -0.4 is 0 Å². The van der Waals surface area contributed by atoms with E-state index < -0.39 is 0 Å². The van der Waals surface area contributed by atoms with E-state index in [4.69, 9.17) is 0 Å². The van der Waals surface area contributed by atoms with E-state index in [9.17, 15) is 0 Å². The number of rotatable bonds is 0. The maximum absolute atomic E-state index is 2.22. The van der Waals surface area contributed by atoms with Crippen molar-refractivity contribution in [3.8, 4) is 0 Å². The fraction of sp³-hybridized carbons (Fsp3) is 0.333. The minimum absolute atomic E-state index is 0. The summed E-state index contributed by atoms with van der Waals surface area (Å²) in [4.78, 5) is 0. The van der Waals surface area contributed by atoms with Crippen LogP contribution in [-0.4, -0.2) is 0 Å². The quantitative estimate of drug-likeness (QED) is 0.524. The maximum Gasteiger partial charge on any atom is -1.00 e. The van der Waals surface area contributed by atoms with Crippen LogP contribution >= 0.6 is 0 Å². The van der Waals surface area contributed by atoms with E-state index in [1.807, 2.05) is 0 Å². The Morgan fingerprint density at radius 1 is 1.86 bits per heavy atom. The molecule has 0 atom stereocenters. The third kappa shape index (κ3) is 1.13. The Hall–Kier alpha value is 0.363. The smallest absolute Gasteiger partial charge is 1.00 e. The first-order valence-electron chi connectivity index (χ1n) is 2.38. The molecule has 1 aliphatic carbocycles. The number of allylic oxidation sites excluding steroid dienone is 4. The molecule has 7 heavy (non-hydrogen) atoms. The van der Waals surface area contributed by atoms with Gasteiger partial charge >= 0.3 is 59.1 Å². The van der Waals surface area contributed by atoms with Crippen LogP contribution in [0.1, 0.15) is 16.2 Å². The second-order valence-corrected chi connectivity index (χ2v) is 3.25. The van der Waals surface area contributed by atoms with Crippen molar-refractivity contribution in [1.29, 1.82) is 0 Å². The van der Waals surface area contributed by atoms with Gasteiger partial charge in [-0.05, 0) is 0 Å². The molecule has 1 heteroatoms. The summed E-state index contributed by atoms with van der Waals surface area (Å²) in [5, 5.41) is 0. The predicted molar refractivity (Wildman–Crippen MR) is 28.7 cm³/mol. The van der Waals surface area contributed by atoms with Crippen molar-refractivity contribution in [2.45, 2.75) is 13.3 Å². The van der Waals surface area contributed by atoms with Crippen molar-refractivity contribution < 1.29 is 27.6 Å². The Bertz CT molecular complexity index is 138. The van der Waals surface area contributed by atoms with Gasteiger partial charge in [0.15, 0.2) is 0 Å². The van der Waals surface area contributed by atoms with Crippen LogP contribution in [0.3, 0.4) is 0 Å². The van der Waals surface area contributed by atoms with Crippen molar-refractivity contribution >= 4 is 0 Å². The summed E-state index contributed by atoms with van der Waals surface area (Å²) < 4.78 is 1.60. The Labute approximate surface area is 62.1 Å². The molecule has 0 bridgehead atoms. The van der Waals surface area contributed by atoms with Crippen LogP contribution in [-0.2, 0) is 24.7 Å². The molecule has 0 radical (unpaired) electrons. The van der Waals surface area contributed by atoms with Crippen LogP contribution in [0, 0.1) is 0 Å². The van der Waals surface area contributed by atoms with Gasteiger partial charge in [-0.25, -0.2) is 0 Å². The average molecular weight is 172 g/mol. The van der Waals surface area contributed by atoms with Crippen molar-refractivity contribution in [1.82, 2.24) is 0 Å². The van der Waals surface area contributed by atoms with E-state index in [2.05, 4.69) is 19.1 Å². The molecule has 0 aromatic carbocycles. The fourth-order valence-electron chi connectivity index (χ4n) is 0.615. The monoisotopic (exact) mass is 171 g/mol. The van der Waals surface area contributed by atoms with Crippen molar-refractivity contribution in [3.05, 3.63) is 21.0 Å². The molecule has 0 aromatic rings. The van der Waals surface area contributed by atoms with Crippen LogP contribution in [0.2, 0.25) is 0 Å². The molecule has 1 aliphatic rings. The van der Waals surface area contributed by atoms with Gasteiger partial charge in [0, 0.05) is 0 Å². The van der Waals surface area contributed by atoms with Crippen LogP contribution in [0.4, 0.5) is 0 Å². The van der Waals surface area contributed by atoms with E-state index in [0.717, 1.165) is 0 Å². The molecule has 0 spiro atoms. The SMILES string of the molecule is CC1=[C]([Zr])CC=C1.[H-].[H-]. The zero-order chi connectivity index (χ0) is 5.28. The normalized spacial score (nSPS) is 18.9. The van der Waals surface area contributed by atoms with Crippen LogP contribution in [0.5, 0.6) is 0 Å². The van der Waals surface area contributed by atoms with Gasteiger partial charge in [0.05, 0.1) is 0 Å². The second-order valence-electron chi connectivity index (χ2n) is 1.77. The molecule has 0 saturated heterocycles. The average Bonchev–Trinajstić information content (AvgIpc) is 1.91. The Morgan fingerprint density at radius 3 is 2.71 bits per heavy atom. The van der Waals surface area contributed by atoms with Gasteiger partial charge in [-0.15, -0.1) is 0 Å². The Morgan fingerprint density at radius 2 is 2.57 bits per heavy atom. The third-order valence-electron chi connectivity index (χ3n) is 1.17. The Balaban J connectivity index is 0. The zero-order valence-corrected chi connectivity index (χ0v) is 6.82. The molecule has 0 unspecified atom stereocenters. The molecule has 0 saturated carbocycles. The summed E-state index contributed by atoms with van der Waals surface area (Å²) in [5.41, 5.74) is 1.48. The largest absolute Gasteiger partial charge is 1.00 e. The van der Waals surface area contributed by atoms with Crippen LogP contribution in [0.15, 0.2) is 21.0 Å². The first-order chi connectivity index (χ1) is 3.30. The molecule has 39 valence electrons. The number of hydrogen-bond acceptors (Lipinski definition) is 0. The van der Waals surface area contributed by atoms with Crippen LogP contribution in [0.25, 0.3) is 0 Å². The topological polar surface area (TPSA) is 0 Å². The van der Waals surface area contributed by atoms with E-state index in [-0.39, 0.29) is 2.85 Å². The second kappa shape index (κ2) is 2.09. The molecule has 0 aliphatic heterocycles. The summed E-state index contributed by atoms with van der Waals surface area (Å²) in [6, 6.07) is 0. The minimum atomic E-state index is 0. The summed E-state index contributed by atoms with van der Waals surface area (Å²) in [5.74, 6) is 0. The predicted octanol–water partition coefficient (Wildman–Crippen LogP) is 1.99. The molecule has 1 rings (SSSR count). The van der Waals surface area contributed by atoms with Gasteiger partial charge < -0.3 is 2.85 Å². The molecule has 0 heterocycles. The fourth-order valence-corrected chi connectivity index (χ4v) is 1.11. The Kier molecular flexibility index (Phi) is 1.64. The molecule has 0 amide bonds. The van der Waals surface area contributed by atoms with Gasteiger partial charge in [0.1, 0.15) is 0 Å². The molecular weight excluding hydrogens is 163 g/mol. The first kappa shape index (κ1) is 5.50. The van der Waals surface area contributed by atoms with E-state index in [1.165, 1.54) is 12.0 Å². The summed E-state index contributed by atoms with van der Waals surface area (Å²) in [7, 11) is 0. The van der Waals surface area contributed by atoms with E-state index in [1.54, 1.807) is 28.0 Å². The summed E-state index contributed by atoms with van der Waals surface area (Å²) in [6.07, 6.45) is 5.63.